The number of carbonyl (C=O) groups excluding carboxylic acids is 1. The van der Waals surface area contributed by atoms with Gasteiger partial charge >= 0.3 is 13.8 Å². The number of phosphoric ester groups is 1. The van der Waals surface area contributed by atoms with Gasteiger partial charge in [0.05, 0.1) is 13.2 Å². The fourth-order valence-corrected chi connectivity index (χ4v) is 7.16. The Kier molecular flexibility index (Phi) is 30.6. The first kappa shape index (κ1) is 50.6. The second-order valence-electron chi connectivity index (χ2n) is 14.5. The van der Waals surface area contributed by atoms with E-state index in [9.17, 15) is 39.8 Å². The summed E-state index contributed by atoms with van der Waals surface area (Å²) in [4.78, 5) is 23.0. The maximum Gasteiger partial charge on any atom is 0.472 e. The largest absolute Gasteiger partial charge is 0.472 e. The van der Waals surface area contributed by atoms with Crippen molar-refractivity contribution in [3.63, 3.8) is 0 Å². The number of aliphatic hydroxyl groups excluding tert-OH is 5. The molecule has 0 saturated heterocycles. The van der Waals surface area contributed by atoms with Crippen LogP contribution in [0.25, 0.3) is 0 Å². The first-order valence-corrected chi connectivity index (χ1v) is 22.3. The van der Waals surface area contributed by atoms with Gasteiger partial charge in [-0.25, -0.2) is 4.57 Å². The van der Waals surface area contributed by atoms with Crippen molar-refractivity contribution in [2.24, 2.45) is 0 Å². The summed E-state index contributed by atoms with van der Waals surface area (Å²) in [6.45, 7) is 4.11. The average molecular weight is 791 g/mol. The Bertz CT molecular complexity index is 1040. The molecule has 0 bridgehead atoms. The van der Waals surface area contributed by atoms with Crippen molar-refractivity contribution in [2.75, 3.05) is 19.8 Å². The van der Waals surface area contributed by atoms with Crippen molar-refractivity contribution >= 4 is 13.8 Å². The summed E-state index contributed by atoms with van der Waals surface area (Å²) < 4.78 is 34.0. The summed E-state index contributed by atoms with van der Waals surface area (Å²) in [6.07, 6.45) is 23.6. The van der Waals surface area contributed by atoms with Crippen molar-refractivity contribution in [2.45, 2.75) is 198 Å². The zero-order valence-corrected chi connectivity index (χ0v) is 34.2. The fourth-order valence-electron chi connectivity index (χ4n) is 6.19. The quantitative estimate of drug-likeness (QED) is 0.0163. The van der Waals surface area contributed by atoms with E-state index in [0.717, 1.165) is 77.0 Å². The van der Waals surface area contributed by atoms with Crippen LogP contribution < -0.4 is 0 Å². The average Bonchev–Trinajstić information content (AvgIpc) is 3.15. The molecule has 1 saturated carbocycles. The molecule has 1 fully saturated rings. The number of esters is 1. The predicted molar refractivity (Wildman–Crippen MR) is 212 cm³/mol. The lowest BCUT2D eigenvalue weighted by Gasteiger charge is -2.41. The van der Waals surface area contributed by atoms with Gasteiger partial charge in [0.1, 0.15) is 42.7 Å². The minimum atomic E-state index is -5.01. The maximum atomic E-state index is 12.8. The lowest BCUT2D eigenvalue weighted by molar-refractivity contribution is -0.220. The lowest BCUT2D eigenvalue weighted by atomic mass is 9.85. The topological polar surface area (TPSA) is 192 Å². The molecule has 0 amide bonds. The molecule has 1 rings (SSSR count). The SMILES string of the molecule is CC/C=C\C/C=C\C/C=C\CCCCCCCCCC(=O)OC(COCCCCCCCCCCCC)COP(=O)(O)OC1C(O)C(O)C(O)C(O)C1O. The van der Waals surface area contributed by atoms with Gasteiger partial charge < -0.3 is 39.9 Å². The van der Waals surface area contributed by atoms with E-state index in [1.807, 2.05) is 0 Å². The molecular weight excluding hydrogens is 715 g/mol. The first-order valence-electron chi connectivity index (χ1n) is 20.8. The zero-order valence-electron chi connectivity index (χ0n) is 33.3. The molecule has 0 aliphatic heterocycles. The molecule has 1 aliphatic rings. The number of rotatable bonds is 34. The monoisotopic (exact) mass is 790 g/mol. The van der Waals surface area contributed by atoms with Crippen molar-refractivity contribution in [3.05, 3.63) is 36.5 Å². The number of hydrogen-bond donors (Lipinski definition) is 6. The van der Waals surface area contributed by atoms with Crippen LogP contribution in [0.5, 0.6) is 0 Å². The number of allylic oxidation sites excluding steroid dienone is 6. The lowest BCUT2D eigenvalue weighted by Crippen LogP contribution is -2.64. The van der Waals surface area contributed by atoms with Crippen molar-refractivity contribution in [3.8, 4) is 0 Å². The summed E-state index contributed by atoms with van der Waals surface area (Å²) in [5.74, 6) is -0.489. The Morgan fingerprint density at radius 1 is 0.611 bits per heavy atom. The van der Waals surface area contributed by atoms with E-state index < -0.39 is 63.1 Å². The number of unbranched alkanes of at least 4 members (excludes halogenated alkanes) is 16. The molecule has 0 heterocycles. The summed E-state index contributed by atoms with van der Waals surface area (Å²) in [6, 6.07) is 0. The summed E-state index contributed by atoms with van der Waals surface area (Å²) in [7, 11) is -5.01. The molecule has 6 N–H and O–H groups in total. The van der Waals surface area contributed by atoms with E-state index in [0.29, 0.717) is 13.0 Å². The standard InChI is InChI=1S/C41H75O12P/c1-3-5-7-9-11-13-15-16-17-18-19-20-21-22-24-26-28-30-35(42)52-34(32-50-31-29-27-25-23-14-12-10-8-6-4-2)33-51-54(48,49)53-41-39(46)37(44)36(43)38(45)40(41)47/h5,7,11,13,16-17,34,36-41,43-47H,3-4,6,8-10,12,14-15,18-33H2,1-2H3,(H,48,49)/b7-5-,13-11-,17-16-. The van der Waals surface area contributed by atoms with E-state index in [1.165, 1.54) is 51.4 Å². The van der Waals surface area contributed by atoms with Crippen molar-refractivity contribution in [1.29, 1.82) is 0 Å². The first-order chi connectivity index (χ1) is 26.0. The van der Waals surface area contributed by atoms with Crippen LogP contribution in [0.4, 0.5) is 0 Å². The number of hydrogen-bond acceptors (Lipinski definition) is 11. The van der Waals surface area contributed by atoms with Crippen LogP contribution in [0.15, 0.2) is 36.5 Å². The van der Waals surface area contributed by atoms with Gasteiger partial charge in [-0.15, -0.1) is 0 Å². The molecule has 6 atom stereocenters. The zero-order chi connectivity index (χ0) is 39.9. The molecule has 1 aliphatic carbocycles. The molecule has 54 heavy (non-hydrogen) atoms. The van der Waals surface area contributed by atoms with Crippen LogP contribution in [0.3, 0.4) is 0 Å². The molecule has 13 heteroatoms. The third kappa shape index (κ3) is 24.9. The number of carbonyl (C=O) groups is 1. The van der Waals surface area contributed by atoms with Gasteiger partial charge in [0.2, 0.25) is 0 Å². The van der Waals surface area contributed by atoms with Gasteiger partial charge in [0.25, 0.3) is 0 Å². The van der Waals surface area contributed by atoms with Crippen LogP contribution in [0.2, 0.25) is 0 Å². The second kappa shape index (κ2) is 32.6. The fraction of sp³-hybridized carbons (Fsp3) is 0.829. The van der Waals surface area contributed by atoms with E-state index in [1.54, 1.807) is 0 Å². The maximum absolute atomic E-state index is 12.8. The Morgan fingerprint density at radius 2 is 1.09 bits per heavy atom. The van der Waals surface area contributed by atoms with Crippen LogP contribution in [-0.2, 0) is 27.9 Å². The molecule has 0 spiro atoms. The molecule has 0 aromatic heterocycles. The van der Waals surface area contributed by atoms with Gasteiger partial charge in [-0.2, -0.15) is 0 Å². The minimum Gasteiger partial charge on any atom is -0.457 e. The highest BCUT2D eigenvalue weighted by molar-refractivity contribution is 7.47. The third-order valence-electron chi connectivity index (χ3n) is 9.53. The van der Waals surface area contributed by atoms with E-state index in [-0.39, 0.29) is 13.0 Å². The van der Waals surface area contributed by atoms with E-state index in [2.05, 4.69) is 50.3 Å². The minimum absolute atomic E-state index is 0.0794. The van der Waals surface area contributed by atoms with Crippen LogP contribution >= 0.6 is 7.82 Å². The van der Waals surface area contributed by atoms with Gasteiger partial charge in [-0.3, -0.25) is 13.8 Å². The number of phosphoric acid groups is 1. The number of ether oxygens (including phenoxy) is 2. The second-order valence-corrected chi connectivity index (χ2v) is 15.9. The van der Waals surface area contributed by atoms with Crippen LogP contribution in [0, 0.1) is 0 Å². The summed E-state index contributed by atoms with van der Waals surface area (Å²) in [5.41, 5.74) is 0. The third-order valence-corrected chi connectivity index (χ3v) is 10.5. The van der Waals surface area contributed by atoms with E-state index in [4.69, 9.17) is 18.5 Å². The van der Waals surface area contributed by atoms with E-state index >= 15 is 0 Å². The van der Waals surface area contributed by atoms with Gasteiger partial charge in [0.15, 0.2) is 0 Å². The Hall–Kier alpha value is -1.44. The smallest absolute Gasteiger partial charge is 0.457 e. The molecular formula is C41H75O12P. The Morgan fingerprint density at radius 3 is 1.67 bits per heavy atom. The van der Waals surface area contributed by atoms with Crippen LogP contribution in [0.1, 0.15) is 155 Å². The molecule has 6 unspecified atom stereocenters. The highest BCUT2D eigenvalue weighted by Gasteiger charge is 2.51. The van der Waals surface area contributed by atoms with Gasteiger partial charge in [0, 0.05) is 13.0 Å². The summed E-state index contributed by atoms with van der Waals surface area (Å²) in [5, 5.41) is 50.0. The summed E-state index contributed by atoms with van der Waals surface area (Å²) >= 11 is 0. The Labute approximate surface area is 325 Å². The molecule has 316 valence electrons. The van der Waals surface area contributed by atoms with Crippen LogP contribution in [-0.4, -0.2) is 98.9 Å². The normalized spacial score (nSPS) is 23.8. The van der Waals surface area contributed by atoms with Gasteiger partial charge in [-0.1, -0.05) is 140 Å². The Balaban J connectivity index is 2.43. The predicted octanol–water partition coefficient (Wildman–Crippen LogP) is 7.53. The van der Waals surface area contributed by atoms with Gasteiger partial charge in [-0.05, 0) is 44.9 Å². The number of aliphatic hydroxyl groups is 5. The highest BCUT2D eigenvalue weighted by atomic mass is 31.2. The molecule has 12 nitrogen and oxygen atoms in total. The molecule has 0 aromatic carbocycles. The molecule has 0 aromatic rings. The molecule has 0 radical (unpaired) electrons. The highest BCUT2D eigenvalue weighted by Crippen LogP contribution is 2.47. The van der Waals surface area contributed by atoms with Crippen molar-refractivity contribution in [1.82, 2.24) is 0 Å². The van der Waals surface area contributed by atoms with Crippen molar-refractivity contribution < 1.29 is 58.3 Å².